The minimum Gasteiger partial charge on any atom is -0.508 e. The van der Waals surface area contributed by atoms with Crippen LogP contribution in [0.5, 0.6) is 5.75 Å². The first-order valence-electron chi connectivity index (χ1n) is 8.54. The van der Waals surface area contributed by atoms with Crippen LogP contribution >= 0.6 is 0 Å². The zero-order chi connectivity index (χ0) is 17.7. The molecule has 0 saturated heterocycles. The van der Waals surface area contributed by atoms with E-state index in [-0.39, 0.29) is 17.5 Å². The van der Waals surface area contributed by atoms with Gasteiger partial charge in [-0.2, -0.15) is 5.10 Å². The molecule has 1 aliphatic rings. The summed E-state index contributed by atoms with van der Waals surface area (Å²) in [5.74, 6) is 0.791. The number of rotatable bonds is 2. The first-order chi connectivity index (χ1) is 12.7. The van der Waals surface area contributed by atoms with Crippen molar-refractivity contribution in [1.29, 1.82) is 0 Å². The van der Waals surface area contributed by atoms with Crippen LogP contribution in [0.3, 0.4) is 0 Å². The lowest BCUT2D eigenvalue weighted by molar-refractivity contribution is 0.0963. The highest BCUT2D eigenvalue weighted by Crippen LogP contribution is 2.37. The van der Waals surface area contributed by atoms with Gasteiger partial charge in [-0.15, -0.1) is 0 Å². The Morgan fingerprint density at radius 3 is 2.73 bits per heavy atom. The topological polar surface area (TPSA) is 83.8 Å². The van der Waals surface area contributed by atoms with Crippen molar-refractivity contribution < 1.29 is 9.90 Å². The van der Waals surface area contributed by atoms with Crippen molar-refractivity contribution in [3.8, 4) is 11.7 Å². The molecular formula is C20H16N4O2. The number of ketones is 1. The standard InChI is InChI=1S/C20H16N4O2/c25-18-8-4-1-5-13(18)12-9-17-14(19(26)10-12)11-21-24(17)20-22-15-6-2-3-7-16(15)23-20/h1-8,11-12,25H,9-10H2,(H,22,23). The number of imidazole rings is 1. The van der Waals surface area contributed by atoms with Crippen LogP contribution in [0.2, 0.25) is 0 Å². The number of carbonyl (C=O) groups excluding carboxylic acids is 1. The fraction of sp³-hybridized carbons (Fsp3) is 0.150. The second kappa shape index (κ2) is 5.56. The van der Waals surface area contributed by atoms with E-state index in [2.05, 4.69) is 15.1 Å². The monoisotopic (exact) mass is 344 g/mol. The molecule has 0 radical (unpaired) electrons. The van der Waals surface area contributed by atoms with E-state index in [9.17, 15) is 9.90 Å². The molecule has 0 aliphatic heterocycles. The zero-order valence-electron chi connectivity index (χ0n) is 13.9. The van der Waals surface area contributed by atoms with Crippen LogP contribution in [0.15, 0.2) is 54.7 Å². The summed E-state index contributed by atoms with van der Waals surface area (Å²) >= 11 is 0. The van der Waals surface area contributed by atoms with Gasteiger partial charge in [0.1, 0.15) is 5.75 Å². The van der Waals surface area contributed by atoms with Gasteiger partial charge < -0.3 is 10.1 Å². The summed E-state index contributed by atoms with van der Waals surface area (Å²) in [5.41, 5.74) is 4.03. The molecule has 0 saturated carbocycles. The van der Waals surface area contributed by atoms with Crippen molar-refractivity contribution in [3.05, 3.63) is 71.5 Å². The molecule has 6 nitrogen and oxygen atoms in total. The molecule has 5 rings (SSSR count). The van der Waals surface area contributed by atoms with Crippen LogP contribution in [0.1, 0.15) is 34.0 Å². The lowest BCUT2D eigenvalue weighted by atomic mass is 9.82. The van der Waals surface area contributed by atoms with E-state index in [0.29, 0.717) is 24.4 Å². The van der Waals surface area contributed by atoms with Crippen LogP contribution < -0.4 is 0 Å². The number of phenols is 1. The molecule has 0 fully saturated rings. The SMILES string of the molecule is O=C1CC(c2ccccc2O)Cc2c1cnn2-c1nc2ccccc2[nH]1. The fourth-order valence-electron chi connectivity index (χ4n) is 3.72. The maximum atomic E-state index is 12.6. The van der Waals surface area contributed by atoms with Gasteiger partial charge in [0.2, 0.25) is 5.95 Å². The molecule has 1 atom stereocenters. The minimum absolute atomic E-state index is 0.0434. The molecule has 0 bridgehead atoms. The van der Waals surface area contributed by atoms with Crippen LogP contribution in [0, 0.1) is 0 Å². The Kier molecular flexibility index (Phi) is 3.18. The Morgan fingerprint density at radius 2 is 1.88 bits per heavy atom. The summed E-state index contributed by atoms with van der Waals surface area (Å²) in [7, 11) is 0. The van der Waals surface area contributed by atoms with Gasteiger partial charge in [0.15, 0.2) is 5.78 Å². The lowest BCUT2D eigenvalue weighted by Crippen LogP contribution is -2.20. The number of phenolic OH excluding ortho intramolecular Hbond substituents is 1. The predicted octanol–water partition coefficient (Wildman–Crippen LogP) is 3.37. The fourth-order valence-corrected chi connectivity index (χ4v) is 3.72. The number of aromatic amines is 1. The number of aromatic hydroxyl groups is 1. The van der Waals surface area contributed by atoms with E-state index in [1.54, 1.807) is 23.0 Å². The highest BCUT2D eigenvalue weighted by atomic mass is 16.3. The van der Waals surface area contributed by atoms with Crippen molar-refractivity contribution in [2.24, 2.45) is 0 Å². The van der Waals surface area contributed by atoms with Crippen molar-refractivity contribution in [2.75, 3.05) is 0 Å². The number of hydrogen-bond acceptors (Lipinski definition) is 4. The molecule has 2 aromatic heterocycles. The van der Waals surface area contributed by atoms with Crippen LogP contribution in [0.4, 0.5) is 0 Å². The van der Waals surface area contributed by atoms with Gasteiger partial charge >= 0.3 is 0 Å². The Balaban J connectivity index is 1.60. The number of Topliss-reactive ketones (excluding diaryl/α,β-unsaturated/α-hetero) is 1. The number of aromatic nitrogens is 4. The average Bonchev–Trinajstić information content (AvgIpc) is 3.25. The molecule has 0 amide bonds. The molecule has 26 heavy (non-hydrogen) atoms. The number of hydrogen-bond donors (Lipinski definition) is 2. The van der Waals surface area contributed by atoms with Gasteiger partial charge in [-0.25, -0.2) is 9.67 Å². The Bertz CT molecular complexity index is 1110. The second-order valence-corrected chi connectivity index (χ2v) is 6.58. The third kappa shape index (κ3) is 2.23. The molecule has 2 heterocycles. The lowest BCUT2D eigenvalue weighted by Gasteiger charge is -2.23. The third-order valence-corrected chi connectivity index (χ3v) is 4.99. The van der Waals surface area contributed by atoms with Crippen LogP contribution in [-0.2, 0) is 6.42 Å². The molecule has 2 aromatic carbocycles. The zero-order valence-corrected chi connectivity index (χ0v) is 13.9. The molecule has 6 heteroatoms. The third-order valence-electron chi connectivity index (χ3n) is 4.99. The molecule has 4 aromatic rings. The second-order valence-electron chi connectivity index (χ2n) is 6.58. The van der Waals surface area contributed by atoms with E-state index in [1.807, 2.05) is 36.4 Å². The van der Waals surface area contributed by atoms with E-state index in [4.69, 9.17) is 0 Å². The van der Waals surface area contributed by atoms with Gasteiger partial charge in [0, 0.05) is 12.3 Å². The Morgan fingerprint density at radius 1 is 1.08 bits per heavy atom. The molecule has 1 unspecified atom stereocenters. The van der Waals surface area contributed by atoms with Crippen molar-refractivity contribution in [3.63, 3.8) is 0 Å². The summed E-state index contributed by atoms with van der Waals surface area (Å²) in [6.07, 6.45) is 2.61. The highest BCUT2D eigenvalue weighted by molar-refractivity contribution is 5.98. The number of benzene rings is 2. The van der Waals surface area contributed by atoms with Gasteiger partial charge in [-0.1, -0.05) is 30.3 Å². The molecule has 1 aliphatic carbocycles. The number of H-pyrrole nitrogens is 1. The highest BCUT2D eigenvalue weighted by Gasteiger charge is 2.31. The van der Waals surface area contributed by atoms with Crippen LogP contribution in [-0.4, -0.2) is 30.6 Å². The van der Waals surface area contributed by atoms with Gasteiger partial charge in [-0.05, 0) is 30.2 Å². The molecule has 2 N–H and O–H groups in total. The number of fused-ring (bicyclic) bond motifs is 2. The first kappa shape index (κ1) is 14.9. The largest absolute Gasteiger partial charge is 0.508 e. The average molecular weight is 344 g/mol. The summed E-state index contributed by atoms with van der Waals surface area (Å²) in [6, 6.07) is 15.0. The number of nitrogens with zero attached hydrogens (tertiary/aromatic N) is 3. The normalized spacial score (nSPS) is 16.8. The quantitative estimate of drug-likeness (QED) is 0.584. The summed E-state index contributed by atoms with van der Waals surface area (Å²) < 4.78 is 1.71. The van der Waals surface area contributed by atoms with Crippen LogP contribution in [0.25, 0.3) is 17.0 Å². The van der Waals surface area contributed by atoms with E-state index in [1.165, 1.54) is 0 Å². The summed E-state index contributed by atoms with van der Waals surface area (Å²) in [4.78, 5) is 20.5. The van der Waals surface area contributed by atoms with Crippen molar-refractivity contribution in [2.45, 2.75) is 18.8 Å². The molecule has 128 valence electrons. The maximum absolute atomic E-state index is 12.6. The van der Waals surface area contributed by atoms with E-state index < -0.39 is 0 Å². The predicted molar refractivity (Wildman–Crippen MR) is 96.7 cm³/mol. The molecular weight excluding hydrogens is 328 g/mol. The van der Waals surface area contributed by atoms with E-state index in [0.717, 1.165) is 22.3 Å². The van der Waals surface area contributed by atoms with Gasteiger partial charge in [0.25, 0.3) is 0 Å². The van der Waals surface area contributed by atoms with Gasteiger partial charge in [0.05, 0.1) is 28.5 Å². The number of nitrogens with one attached hydrogen (secondary N) is 1. The first-order valence-corrected chi connectivity index (χ1v) is 8.54. The number of carbonyl (C=O) groups is 1. The smallest absolute Gasteiger partial charge is 0.229 e. The van der Waals surface area contributed by atoms with Crippen molar-refractivity contribution in [1.82, 2.24) is 19.7 Å². The Hall–Kier alpha value is -3.41. The minimum atomic E-state index is -0.0731. The number of para-hydroxylation sites is 3. The summed E-state index contributed by atoms with van der Waals surface area (Å²) in [6.45, 7) is 0. The van der Waals surface area contributed by atoms with E-state index >= 15 is 0 Å². The maximum Gasteiger partial charge on any atom is 0.229 e. The molecule has 0 spiro atoms. The summed E-state index contributed by atoms with van der Waals surface area (Å²) in [5, 5.41) is 14.6. The Labute approximate surface area is 149 Å². The van der Waals surface area contributed by atoms with Gasteiger partial charge in [-0.3, -0.25) is 4.79 Å². The van der Waals surface area contributed by atoms with Crippen molar-refractivity contribution >= 4 is 16.8 Å².